The molecule has 30 heavy (non-hydrogen) atoms. The summed E-state index contributed by atoms with van der Waals surface area (Å²) >= 11 is 0. The van der Waals surface area contributed by atoms with E-state index in [1.807, 2.05) is 43.5 Å². The summed E-state index contributed by atoms with van der Waals surface area (Å²) in [7, 11) is -2.31. The molecule has 0 aliphatic heterocycles. The Labute approximate surface area is 175 Å². The van der Waals surface area contributed by atoms with Crippen LogP contribution in [0.3, 0.4) is 0 Å². The molecule has 1 unspecified atom stereocenters. The highest BCUT2D eigenvalue weighted by atomic mass is 31.2. The molecular weight excluding hydrogens is 395 g/mol. The summed E-state index contributed by atoms with van der Waals surface area (Å²) in [6, 6.07) is 15.6. The number of benzene rings is 1. The summed E-state index contributed by atoms with van der Waals surface area (Å²) in [5.74, 6) is 0.680. The Kier molecular flexibility index (Phi) is 5.22. The van der Waals surface area contributed by atoms with E-state index in [0.717, 1.165) is 21.9 Å². The standard InChI is InChI=1S/C22H23N6OP/c1-15(17-6-9-18-5-4-12-28(18)14-17)25-22-21(27-23)24-13-20(26-22)16-7-10-19(11-8-16)30(2,3)29/h4-15,23H,1-3H3,(H,25,26). The monoisotopic (exact) mass is 418 g/mol. The highest BCUT2D eigenvalue weighted by Crippen LogP contribution is 2.35. The number of nitrogens with one attached hydrogen (secondary N) is 2. The normalized spacial score (nSPS) is 12.6. The second-order valence-corrected chi connectivity index (χ2v) is 10.8. The van der Waals surface area contributed by atoms with Crippen LogP contribution in [-0.2, 0) is 4.57 Å². The first-order valence-electron chi connectivity index (χ1n) is 9.59. The maximum absolute atomic E-state index is 12.2. The van der Waals surface area contributed by atoms with E-state index in [9.17, 15) is 4.57 Å². The number of fused-ring (bicyclic) bond motifs is 1. The molecule has 152 valence electrons. The fourth-order valence-corrected chi connectivity index (χ4v) is 4.15. The molecule has 0 radical (unpaired) electrons. The van der Waals surface area contributed by atoms with Gasteiger partial charge in [0.15, 0.2) is 5.82 Å². The Morgan fingerprint density at radius 2 is 1.90 bits per heavy atom. The number of rotatable bonds is 6. The van der Waals surface area contributed by atoms with Crippen LogP contribution in [0, 0.1) is 5.53 Å². The van der Waals surface area contributed by atoms with Crippen molar-refractivity contribution in [2.45, 2.75) is 13.0 Å². The van der Waals surface area contributed by atoms with Gasteiger partial charge in [0, 0.05) is 28.8 Å². The molecule has 0 bridgehead atoms. The van der Waals surface area contributed by atoms with Crippen molar-refractivity contribution in [3.8, 4) is 11.3 Å². The van der Waals surface area contributed by atoms with Crippen molar-refractivity contribution in [3.05, 3.63) is 72.7 Å². The number of hydrogen-bond donors (Lipinski definition) is 2. The van der Waals surface area contributed by atoms with Crippen LogP contribution in [0.1, 0.15) is 18.5 Å². The largest absolute Gasteiger partial charge is 0.360 e. The minimum absolute atomic E-state index is 0.0599. The highest BCUT2D eigenvalue weighted by molar-refractivity contribution is 7.70. The zero-order valence-corrected chi connectivity index (χ0v) is 18.0. The van der Waals surface area contributed by atoms with E-state index < -0.39 is 7.14 Å². The lowest BCUT2D eigenvalue weighted by molar-refractivity contribution is 0.588. The molecule has 0 amide bonds. The molecule has 7 nitrogen and oxygen atoms in total. The van der Waals surface area contributed by atoms with Gasteiger partial charge in [-0.2, -0.15) is 0 Å². The van der Waals surface area contributed by atoms with E-state index in [1.54, 1.807) is 19.5 Å². The molecule has 0 saturated carbocycles. The molecule has 4 rings (SSSR count). The van der Waals surface area contributed by atoms with Gasteiger partial charge in [0.25, 0.3) is 0 Å². The first-order valence-corrected chi connectivity index (χ1v) is 12.2. The van der Waals surface area contributed by atoms with Crippen molar-refractivity contribution in [2.24, 2.45) is 5.11 Å². The maximum Gasteiger partial charge on any atom is 0.216 e. The van der Waals surface area contributed by atoms with E-state index in [-0.39, 0.29) is 11.9 Å². The lowest BCUT2D eigenvalue weighted by Gasteiger charge is -2.17. The van der Waals surface area contributed by atoms with Gasteiger partial charge in [-0.25, -0.2) is 15.5 Å². The number of nitrogens with zero attached hydrogens (tertiary/aromatic N) is 4. The van der Waals surface area contributed by atoms with Crippen molar-refractivity contribution in [1.82, 2.24) is 14.4 Å². The van der Waals surface area contributed by atoms with E-state index in [1.165, 1.54) is 0 Å². The van der Waals surface area contributed by atoms with Gasteiger partial charge in [-0.1, -0.05) is 30.3 Å². The zero-order valence-electron chi connectivity index (χ0n) is 17.1. The first kappa shape index (κ1) is 20.0. The SMILES string of the molecule is CC(Nc1nc(-c2ccc(P(C)(C)=O)cc2)cnc1N=N)c1ccc2cccn2c1. The minimum atomic E-state index is -2.31. The molecule has 0 aliphatic carbocycles. The molecule has 2 N–H and O–H groups in total. The molecule has 0 saturated heterocycles. The van der Waals surface area contributed by atoms with Crippen LogP contribution < -0.4 is 10.6 Å². The summed E-state index contributed by atoms with van der Waals surface area (Å²) in [6.45, 7) is 5.53. The van der Waals surface area contributed by atoms with Gasteiger partial charge in [-0.05, 0) is 44.0 Å². The van der Waals surface area contributed by atoms with Crippen molar-refractivity contribution in [1.29, 1.82) is 5.53 Å². The molecule has 8 heteroatoms. The highest BCUT2D eigenvalue weighted by Gasteiger charge is 2.15. The van der Waals surface area contributed by atoms with E-state index >= 15 is 0 Å². The third kappa shape index (κ3) is 4.02. The Morgan fingerprint density at radius 1 is 1.13 bits per heavy atom. The Balaban J connectivity index is 1.64. The lowest BCUT2D eigenvalue weighted by Crippen LogP contribution is -2.10. The topological polar surface area (TPSA) is 95.5 Å². The fourth-order valence-electron chi connectivity index (χ4n) is 3.29. The maximum atomic E-state index is 12.2. The van der Waals surface area contributed by atoms with Gasteiger partial charge in [-0.3, -0.25) is 0 Å². The van der Waals surface area contributed by atoms with Crippen LogP contribution in [0.15, 0.2) is 72.2 Å². The molecule has 4 aromatic rings. The van der Waals surface area contributed by atoms with Gasteiger partial charge in [0.05, 0.1) is 17.9 Å². The summed E-state index contributed by atoms with van der Waals surface area (Å²) in [5, 5.41) is 7.67. The third-order valence-electron chi connectivity index (χ3n) is 5.04. The molecule has 3 heterocycles. The molecule has 1 atom stereocenters. The number of aromatic nitrogens is 3. The van der Waals surface area contributed by atoms with Gasteiger partial charge >= 0.3 is 0 Å². The van der Waals surface area contributed by atoms with E-state index in [0.29, 0.717) is 11.5 Å². The zero-order chi connectivity index (χ0) is 21.3. The number of anilines is 1. The van der Waals surface area contributed by atoms with E-state index in [2.05, 4.69) is 49.2 Å². The lowest BCUT2D eigenvalue weighted by atomic mass is 10.1. The van der Waals surface area contributed by atoms with Gasteiger partial charge in [-0.15, -0.1) is 5.11 Å². The summed E-state index contributed by atoms with van der Waals surface area (Å²) in [4.78, 5) is 8.95. The first-order chi connectivity index (χ1) is 14.3. The van der Waals surface area contributed by atoms with Crippen LogP contribution in [0.4, 0.5) is 11.6 Å². The third-order valence-corrected chi connectivity index (χ3v) is 6.59. The Morgan fingerprint density at radius 3 is 2.60 bits per heavy atom. The van der Waals surface area contributed by atoms with E-state index in [4.69, 9.17) is 5.53 Å². The average Bonchev–Trinajstić information content (AvgIpc) is 3.21. The number of pyridine rings is 1. The van der Waals surface area contributed by atoms with Crippen LogP contribution in [0.2, 0.25) is 0 Å². The predicted molar refractivity (Wildman–Crippen MR) is 121 cm³/mol. The van der Waals surface area contributed by atoms with Crippen molar-refractivity contribution >= 4 is 29.6 Å². The van der Waals surface area contributed by atoms with Crippen LogP contribution in [0.5, 0.6) is 0 Å². The molecule has 3 aromatic heterocycles. The fraction of sp³-hybridized carbons (Fsp3) is 0.182. The summed E-state index contributed by atoms with van der Waals surface area (Å²) in [5.41, 5.74) is 11.2. The Bertz CT molecular complexity index is 1260. The van der Waals surface area contributed by atoms with Gasteiger partial charge < -0.3 is 14.3 Å². The minimum Gasteiger partial charge on any atom is -0.360 e. The average molecular weight is 418 g/mol. The molecule has 0 aliphatic rings. The smallest absolute Gasteiger partial charge is 0.216 e. The quantitative estimate of drug-likeness (QED) is 0.320. The van der Waals surface area contributed by atoms with Crippen molar-refractivity contribution in [2.75, 3.05) is 18.6 Å². The van der Waals surface area contributed by atoms with Crippen LogP contribution in [0.25, 0.3) is 16.8 Å². The van der Waals surface area contributed by atoms with Crippen LogP contribution in [-0.4, -0.2) is 27.7 Å². The van der Waals surface area contributed by atoms with Gasteiger partial charge in [0.1, 0.15) is 7.14 Å². The molecule has 0 fully saturated rings. The summed E-state index contributed by atoms with van der Waals surface area (Å²) in [6.07, 6.45) is 5.67. The second-order valence-electron chi connectivity index (χ2n) is 7.61. The van der Waals surface area contributed by atoms with Crippen molar-refractivity contribution in [3.63, 3.8) is 0 Å². The Hall–Kier alpha value is -3.31. The molecular formula is C22H23N6OP. The molecule has 0 spiro atoms. The molecule has 1 aromatic carbocycles. The second kappa shape index (κ2) is 7.84. The van der Waals surface area contributed by atoms with Crippen molar-refractivity contribution < 1.29 is 4.57 Å². The van der Waals surface area contributed by atoms with Gasteiger partial charge in [0.2, 0.25) is 5.82 Å². The summed E-state index contributed by atoms with van der Waals surface area (Å²) < 4.78 is 14.3. The number of hydrogen-bond acceptors (Lipinski definition) is 6. The van der Waals surface area contributed by atoms with Crippen LogP contribution >= 0.6 is 7.14 Å². The predicted octanol–water partition coefficient (Wildman–Crippen LogP) is 5.48.